The van der Waals surface area contributed by atoms with Crippen molar-refractivity contribution in [3.05, 3.63) is 204 Å². The lowest BCUT2D eigenvalue weighted by Gasteiger charge is -2.33. The fourth-order valence-electron chi connectivity index (χ4n) is 13.3. The summed E-state index contributed by atoms with van der Waals surface area (Å²) in [5.74, 6) is 0.731. The van der Waals surface area contributed by atoms with Crippen molar-refractivity contribution >= 4 is 73.8 Å². The molecule has 0 aliphatic heterocycles. The molecule has 79 heavy (non-hydrogen) atoms. The Hall–Kier alpha value is -7.24. The van der Waals surface area contributed by atoms with Gasteiger partial charge in [-0.15, -0.1) is 22.7 Å². The van der Waals surface area contributed by atoms with E-state index in [2.05, 4.69) is 210 Å². The smallest absolute Gasteiger partial charge is 0.160 e. The summed E-state index contributed by atoms with van der Waals surface area (Å²) in [4.78, 5) is 11.4. The first-order chi connectivity index (χ1) is 38.8. The average Bonchev–Trinajstić information content (AvgIpc) is 4.25. The van der Waals surface area contributed by atoms with Crippen LogP contribution in [0.5, 0.6) is 0 Å². The number of nitrogens with zero attached hydrogens (tertiary/aromatic N) is 2. The van der Waals surface area contributed by atoms with E-state index in [0.717, 1.165) is 45.0 Å². The van der Waals surface area contributed by atoms with E-state index in [1.807, 2.05) is 22.7 Å². The molecule has 0 radical (unpaired) electrons. The van der Waals surface area contributed by atoms with Crippen LogP contribution in [-0.2, 0) is 5.41 Å². The predicted octanol–water partition coefficient (Wildman–Crippen LogP) is 23.1. The molecular formula is C75H70N2S2. The number of hydrogen-bond acceptors (Lipinski definition) is 4. The monoisotopic (exact) mass is 1060 g/mol. The Balaban J connectivity index is 1.01. The van der Waals surface area contributed by atoms with E-state index in [1.54, 1.807) is 5.56 Å². The zero-order chi connectivity index (χ0) is 53.5. The maximum Gasteiger partial charge on any atom is 0.160 e. The van der Waals surface area contributed by atoms with Gasteiger partial charge in [0, 0.05) is 42.3 Å². The van der Waals surface area contributed by atoms with Crippen LogP contribution in [-0.4, -0.2) is 9.97 Å². The summed E-state index contributed by atoms with van der Waals surface area (Å²) >= 11 is 3.83. The topological polar surface area (TPSA) is 25.8 Å². The summed E-state index contributed by atoms with van der Waals surface area (Å²) in [6.45, 7) is 9.13. The Morgan fingerprint density at radius 2 is 0.823 bits per heavy atom. The summed E-state index contributed by atoms with van der Waals surface area (Å²) < 4.78 is 5.41. The summed E-state index contributed by atoms with van der Waals surface area (Å²) in [7, 11) is 0. The molecule has 0 fully saturated rings. The Labute approximate surface area is 475 Å². The van der Waals surface area contributed by atoms with Crippen LogP contribution in [0.4, 0.5) is 0 Å². The van der Waals surface area contributed by atoms with E-state index in [4.69, 9.17) is 9.97 Å². The maximum absolute atomic E-state index is 5.76. The Morgan fingerprint density at radius 1 is 0.354 bits per heavy atom. The number of rotatable bonds is 19. The second-order valence-electron chi connectivity index (χ2n) is 22.8. The molecule has 0 spiro atoms. The predicted molar refractivity (Wildman–Crippen MR) is 344 cm³/mol. The fourth-order valence-corrected chi connectivity index (χ4v) is 16.1. The molecule has 392 valence electrons. The fraction of sp³-hybridized carbons (Fsp3) is 0.253. The first-order valence-corrected chi connectivity index (χ1v) is 31.1. The summed E-state index contributed by atoms with van der Waals surface area (Å²) in [5, 5.41) is 7.58. The highest BCUT2D eigenvalue weighted by Crippen LogP contribution is 2.56. The highest BCUT2D eigenvalue weighted by molar-refractivity contribution is 7.36. The first kappa shape index (κ1) is 51.2. The van der Waals surface area contributed by atoms with Crippen molar-refractivity contribution in [3.8, 4) is 67.3 Å². The second kappa shape index (κ2) is 22.1. The molecular weight excluding hydrogens is 993 g/mol. The van der Waals surface area contributed by atoms with E-state index in [9.17, 15) is 0 Å². The molecule has 4 heteroatoms. The van der Waals surface area contributed by atoms with E-state index < -0.39 is 0 Å². The van der Waals surface area contributed by atoms with Gasteiger partial charge in [-0.05, 0) is 141 Å². The van der Waals surface area contributed by atoms with Gasteiger partial charge in [-0.3, -0.25) is 0 Å². The second-order valence-corrected chi connectivity index (χ2v) is 24.9. The van der Waals surface area contributed by atoms with Crippen molar-refractivity contribution in [2.75, 3.05) is 0 Å². The number of aromatic nitrogens is 2. The minimum absolute atomic E-state index is 0.0546. The molecule has 1 aliphatic rings. The third kappa shape index (κ3) is 9.80. The van der Waals surface area contributed by atoms with Crippen molar-refractivity contribution in [2.45, 2.75) is 123 Å². The molecule has 1 aliphatic carbocycles. The molecule has 13 rings (SSSR count). The number of thiophene rings is 2. The van der Waals surface area contributed by atoms with Crippen LogP contribution >= 0.6 is 22.7 Å². The molecule has 0 unspecified atom stereocenters. The number of aryl methyl sites for hydroxylation is 2. The van der Waals surface area contributed by atoms with Crippen LogP contribution in [0.25, 0.3) is 118 Å². The van der Waals surface area contributed by atoms with Crippen LogP contribution in [0.15, 0.2) is 182 Å². The normalized spacial score (nSPS) is 12.9. The molecule has 3 heterocycles. The molecule has 0 saturated heterocycles. The molecule has 0 amide bonds. The summed E-state index contributed by atoms with van der Waals surface area (Å²) in [5.41, 5.74) is 18.3. The van der Waals surface area contributed by atoms with E-state index >= 15 is 0 Å². The third-order valence-electron chi connectivity index (χ3n) is 17.4. The third-order valence-corrected chi connectivity index (χ3v) is 19.9. The minimum Gasteiger partial charge on any atom is -0.228 e. The van der Waals surface area contributed by atoms with Gasteiger partial charge in [0.15, 0.2) is 5.82 Å². The van der Waals surface area contributed by atoms with E-state index in [-0.39, 0.29) is 5.41 Å². The van der Waals surface area contributed by atoms with Gasteiger partial charge in [-0.1, -0.05) is 236 Å². The Bertz CT molecular complexity index is 4100. The lowest BCUT2D eigenvalue weighted by Crippen LogP contribution is -2.25. The molecule has 12 aromatic rings. The van der Waals surface area contributed by atoms with Gasteiger partial charge in [0.1, 0.15) is 0 Å². The van der Waals surface area contributed by atoms with Crippen molar-refractivity contribution in [1.82, 2.24) is 9.97 Å². The number of benzene rings is 9. The van der Waals surface area contributed by atoms with Gasteiger partial charge in [-0.25, -0.2) is 9.97 Å². The van der Waals surface area contributed by atoms with Crippen molar-refractivity contribution in [3.63, 3.8) is 0 Å². The first-order valence-electron chi connectivity index (χ1n) is 29.5. The standard InChI is InChI=1S/C75H70N2S2/c1-5-7-9-11-13-19-39-75(40-20-14-12-10-8-6-2)66-41-49(3)31-35-62(66)63-37-33-53(46-67(63)75)68-48-69(54-34-38-65-71(47-54)79-72-64-36-32-50(4)42-70(64)78-73(65)72)77-74(76-68)57-44-55(60-29-21-25-51-23-15-17-27-58(51)60)43-56(45-57)61-30-22-26-52-24-16-18-28-59(52)61/h15-18,21-38,41-48H,5-14,19-20,39-40H2,1-4H3. The van der Waals surface area contributed by atoms with E-state index in [0.29, 0.717) is 0 Å². The molecule has 0 N–H and O–H groups in total. The molecule has 2 nitrogen and oxygen atoms in total. The minimum atomic E-state index is -0.0546. The molecule has 0 saturated carbocycles. The van der Waals surface area contributed by atoms with Crippen LogP contribution < -0.4 is 0 Å². The zero-order valence-electron chi connectivity index (χ0n) is 46.4. The highest BCUT2D eigenvalue weighted by atomic mass is 32.1. The Kier molecular flexibility index (Phi) is 14.3. The zero-order valence-corrected chi connectivity index (χ0v) is 48.1. The number of unbranched alkanes of at least 4 members (excludes halogenated alkanes) is 10. The van der Waals surface area contributed by atoms with Gasteiger partial charge in [0.2, 0.25) is 0 Å². The molecule has 0 atom stereocenters. The van der Waals surface area contributed by atoms with Crippen LogP contribution in [0, 0.1) is 13.8 Å². The van der Waals surface area contributed by atoms with Crippen LogP contribution in [0.3, 0.4) is 0 Å². The molecule has 9 aromatic carbocycles. The average molecular weight is 1060 g/mol. The maximum atomic E-state index is 5.76. The summed E-state index contributed by atoms with van der Waals surface area (Å²) in [6, 6.07) is 68.9. The van der Waals surface area contributed by atoms with Crippen molar-refractivity contribution < 1.29 is 0 Å². The van der Waals surface area contributed by atoms with E-state index in [1.165, 1.54) is 180 Å². The summed E-state index contributed by atoms with van der Waals surface area (Å²) in [6.07, 6.45) is 17.9. The quantitative estimate of drug-likeness (QED) is 0.0754. The van der Waals surface area contributed by atoms with Crippen molar-refractivity contribution in [1.29, 1.82) is 0 Å². The van der Waals surface area contributed by atoms with Crippen LogP contribution in [0.1, 0.15) is 126 Å². The molecule has 3 aromatic heterocycles. The largest absolute Gasteiger partial charge is 0.228 e. The SMILES string of the molecule is CCCCCCCCC1(CCCCCCCC)c2cc(C)ccc2-c2ccc(-c3cc(-c4ccc5c(c4)sc4c6ccc(C)cc6sc54)nc(-c4cc(-c5cccc6ccccc56)cc(-c5cccc6ccccc56)c4)n3)cc21. The number of fused-ring (bicyclic) bond motifs is 10. The van der Waals surface area contributed by atoms with Gasteiger partial charge >= 0.3 is 0 Å². The van der Waals surface area contributed by atoms with Gasteiger partial charge in [-0.2, -0.15) is 0 Å². The van der Waals surface area contributed by atoms with Crippen molar-refractivity contribution in [2.24, 2.45) is 0 Å². The lowest BCUT2D eigenvalue weighted by atomic mass is 9.70. The van der Waals surface area contributed by atoms with Crippen LogP contribution in [0.2, 0.25) is 0 Å². The van der Waals surface area contributed by atoms with Gasteiger partial charge < -0.3 is 0 Å². The highest BCUT2D eigenvalue weighted by Gasteiger charge is 2.42. The Morgan fingerprint density at radius 3 is 1.44 bits per heavy atom. The molecule has 0 bridgehead atoms. The number of hydrogen-bond donors (Lipinski definition) is 0. The van der Waals surface area contributed by atoms with Gasteiger partial charge in [0.05, 0.1) is 20.8 Å². The lowest BCUT2D eigenvalue weighted by molar-refractivity contribution is 0.398. The van der Waals surface area contributed by atoms with Gasteiger partial charge in [0.25, 0.3) is 0 Å².